The van der Waals surface area contributed by atoms with Crippen LogP contribution < -0.4 is 0 Å². The Morgan fingerprint density at radius 1 is 1.40 bits per heavy atom. The molecule has 2 aliphatic heterocycles. The Morgan fingerprint density at radius 3 is 2.70 bits per heavy atom. The zero-order valence-electron chi connectivity index (χ0n) is 11.4. The lowest BCUT2D eigenvalue weighted by Crippen LogP contribution is -2.41. The molecule has 106 valence electrons. The van der Waals surface area contributed by atoms with Crippen molar-refractivity contribution in [3.63, 3.8) is 0 Å². The van der Waals surface area contributed by atoms with Crippen molar-refractivity contribution >= 4 is 23.8 Å². The van der Waals surface area contributed by atoms with Gasteiger partial charge in [-0.05, 0) is 22.5 Å². The van der Waals surface area contributed by atoms with E-state index in [1.54, 1.807) is 0 Å². The van der Waals surface area contributed by atoms with Crippen molar-refractivity contribution in [3.05, 3.63) is 35.9 Å². The SMILES string of the molecule is CC1(CC(=O)N2C(=O)OC[C@@H]2c2ccccc2)CSC1. The Labute approximate surface area is 122 Å². The maximum Gasteiger partial charge on any atom is 0.417 e. The smallest absolute Gasteiger partial charge is 0.417 e. The van der Waals surface area contributed by atoms with Gasteiger partial charge >= 0.3 is 6.09 Å². The summed E-state index contributed by atoms with van der Waals surface area (Å²) in [4.78, 5) is 25.6. The van der Waals surface area contributed by atoms with Crippen LogP contribution in [0, 0.1) is 5.41 Å². The lowest BCUT2D eigenvalue weighted by molar-refractivity contribution is -0.131. The molecule has 1 atom stereocenters. The normalized spacial score (nSPS) is 24.1. The number of carbonyl (C=O) groups is 2. The molecule has 2 heterocycles. The second-order valence-electron chi connectivity index (χ2n) is 5.75. The standard InChI is InChI=1S/C15H17NO3S/c1-15(9-20-10-15)7-13(17)16-12(8-19-14(16)18)11-5-3-2-4-6-11/h2-6,12H,7-10H2,1H3/t12-/m1/s1. The largest absolute Gasteiger partial charge is 0.446 e. The van der Waals surface area contributed by atoms with Crippen LogP contribution in [0.15, 0.2) is 30.3 Å². The fourth-order valence-corrected chi connectivity index (χ4v) is 3.73. The fraction of sp³-hybridized carbons (Fsp3) is 0.467. The first-order valence-corrected chi connectivity index (χ1v) is 7.86. The van der Waals surface area contributed by atoms with Crippen LogP contribution in [0.25, 0.3) is 0 Å². The molecule has 0 saturated carbocycles. The topological polar surface area (TPSA) is 46.6 Å². The van der Waals surface area contributed by atoms with Gasteiger partial charge in [0, 0.05) is 6.42 Å². The Morgan fingerprint density at radius 2 is 2.10 bits per heavy atom. The molecular weight excluding hydrogens is 274 g/mol. The van der Waals surface area contributed by atoms with Gasteiger partial charge in [0.1, 0.15) is 12.6 Å². The van der Waals surface area contributed by atoms with Gasteiger partial charge in [-0.1, -0.05) is 37.3 Å². The molecule has 0 unspecified atom stereocenters. The van der Waals surface area contributed by atoms with Crippen LogP contribution in [0.4, 0.5) is 4.79 Å². The second-order valence-corrected chi connectivity index (χ2v) is 6.73. The van der Waals surface area contributed by atoms with Gasteiger partial charge in [0.2, 0.25) is 5.91 Å². The van der Waals surface area contributed by atoms with Crippen molar-refractivity contribution in [1.82, 2.24) is 4.90 Å². The summed E-state index contributed by atoms with van der Waals surface area (Å²) in [5.41, 5.74) is 0.978. The number of cyclic esters (lactones) is 1. The number of hydrogen-bond donors (Lipinski definition) is 0. The zero-order valence-corrected chi connectivity index (χ0v) is 12.2. The molecule has 0 radical (unpaired) electrons. The molecule has 2 saturated heterocycles. The molecule has 1 aromatic rings. The quantitative estimate of drug-likeness (QED) is 0.859. The van der Waals surface area contributed by atoms with Gasteiger partial charge in [0.05, 0.1) is 0 Å². The van der Waals surface area contributed by atoms with E-state index in [-0.39, 0.29) is 24.0 Å². The average molecular weight is 291 g/mol. The van der Waals surface area contributed by atoms with Crippen LogP contribution in [0.2, 0.25) is 0 Å². The number of carbonyl (C=O) groups excluding carboxylic acids is 2. The summed E-state index contributed by atoms with van der Waals surface area (Å²) < 4.78 is 5.08. The number of amides is 2. The van der Waals surface area contributed by atoms with Gasteiger partial charge in [0.15, 0.2) is 0 Å². The molecular formula is C15H17NO3S. The average Bonchev–Trinajstić information content (AvgIpc) is 2.80. The summed E-state index contributed by atoms with van der Waals surface area (Å²) in [7, 11) is 0. The Balaban J connectivity index is 1.78. The lowest BCUT2D eigenvalue weighted by atomic mass is 9.89. The minimum Gasteiger partial charge on any atom is -0.446 e. The van der Waals surface area contributed by atoms with E-state index in [4.69, 9.17) is 4.74 Å². The van der Waals surface area contributed by atoms with E-state index in [0.29, 0.717) is 6.42 Å². The number of ether oxygens (including phenoxy) is 1. The van der Waals surface area contributed by atoms with E-state index in [9.17, 15) is 9.59 Å². The minimum atomic E-state index is -0.514. The van der Waals surface area contributed by atoms with Gasteiger partial charge in [-0.15, -0.1) is 0 Å². The van der Waals surface area contributed by atoms with Crippen LogP contribution in [0.1, 0.15) is 24.9 Å². The summed E-state index contributed by atoms with van der Waals surface area (Å²) in [6.45, 7) is 2.35. The van der Waals surface area contributed by atoms with Crippen molar-refractivity contribution in [1.29, 1.82) is 0 Å². The third kappa shape index (κ3) is 2.42. The van der Waals surface area contributed by atoms with Gasteiger partial charge < -0.3 is 4.74 Å². The molecule has 0 bridgehead atoms. The highest BCUT2D eigenvalue weighted by atomic mass is 32.2. The maximum absolute atomic E-state index is 12.5. The molecule has 2 amide bonds. The van der Waals surface area contributed by atoms with E-state index < -0.39 is 6.09 Å². The number of imide groups is 1. The van der Waals surface area contributed by atoms with Crippen molar-refractivity contribution in [2.75, 3.05) is 18.1 Å². The molecule has 1 aromatic carbocycles. The van der Waals surface area contributed by atoms with Gasteiger partial charge in [-0.2, -0.15) is 11.8 Å². The van der Waals surface area contributed by atoms with Crippen LogP contribution in [-0.4, -0.2) is 35.0 Å². The maximum atomic E-state index is 12.5. The predicted octanol–water partition coefficient (Wildman–Crippen LogP) is 2.85. The first-order valence-electron chi connectivity index (χ1n) is 6.71. The van der Waals surface area contributed by atoms with Crippen molar-refractivity contribution in [2.24, 2.45) is 5.41 Å². The Kier molecular flexibility index (Phi) is 3.46. The third-order valence-electron chi connectivity index (χ3n) is 3.81. The highest BCUT2D eigenvalue weighted by molar-refractivity contribution is 8.00. The van der Waals surface area contributed by atoms with Crippen LogP contribution in [0.5, 0.6) is 0 Å². The summed E-state index contributed by atoms with van der Waals surface area (Å²) in [6.07, 6.45) is -0.0993. The zero-order chi connectivity index (χ0) is 14.2. The summed E-state index contributed by atoms with van der Waals surface area (Å²) in [6, 6.07) is 9.30. The van der Waals surface area contributed by atoms with E-state index in [2.05, 4.69) is 6.92 Å². The van der Waals surface area contributed by atoms with Crippen molar-refractivity contribution in [3.8, 4) is 0 Å². The van der Waals surface area contributed by atoms with Crippen LogP contribution in [0.3, 0.4) is 0 Å². The number of thioether (sulfide) groups is 1. The van der Waals surface area contributed by atoms with E-state index in [1.807, 2.05) is 42.1 Å². The fourth-order valence-electron chi connectivity index (χ4n) is 2.62. The van der Waals surface area contributed by atoms with Gasteiger partial charge in [-0.3, -0.25) is 4.79 Å². The predicted molar refractivity (Wildman–Crippen MR) is 77.4 cm³/mol. The van der Waals surface area contributed by atoms with Crippen molar-refractivity contribution < 1.29 is 14.3 Å². The third-order valence-corrected chi connectivity index (χ3v) is 5.61. The van der Waals surface area contributed by atoms with E-state index in [0.717, 1.165) is 17.1 Å². The first kappa shape index (κ1) is 13.5. The second kappa shape index (κ2) is 5.13. The minimum absolute atomic E-state index is 0.0336. The molecule has 0 spiro atoms. The number of benzene rings is 1. The molecule has 2 aliphatic rings. The molecule has 4 nitrogen and oxygen atoms in total. The van der Waals surface area contributed by atoms with Crippen molar-refractivity contribution in [2.45, 2.75) is 19.4 Å². The number of hydrogen-bond acceptors (Lipinski definition) is 4. The molecule has 20 heavy (non-hydrogen) atoms. The summed E-state index contributed by atoms with van der Waals surface area (Å²) in [5, 5.41) is 0. The van der Waals surface area contributed by atoms with E-state index >= 15 is 0 Å². The molecule has 0 aromatic heterocycles. The molecule has 3 rings (SSSR count). The molecule has 2 fully saturated rings. The summed E-state index contributed by atoms with van der Waals surface area (Å²) in [5.74, 6) is 1.85. The van der Waals surface area contributed by atoms with Crippen LogP contribution in [-0.2, 0) is 9.53 Å². The highest BCUT2D eigenvalue weighted by Crippen LogP contribution is 2.41. The molecule has 5 heteroatoms. The first-order chi connectivity index (χ1) is 9.59. The van der Waals surface area contributed by atoms with Crippen LogP contribution >= 0.6 is 11.8 Å². The van der Waals surface area contributed by atoms with Gasteiger partial charge in [-0.25, -0.2) is 9.69 Å². The number of nitrogens with zero attached hydrogens (tertiary/aromatic N) is 1. The monoisotopic (exact) mass is 291 g/mol. The molecule has 0 aliphatic carbocycles. The Hall–Kier alpha value is -1.49. The van der Waals surface area contributed by atoms with Gasteiger partial charge in [0.25, 0.3) is 0 Å². The lowest BCUT2D eigenvalue weighted by Gasteiger charge is -2.38. The van der Waals surface area contributed by atoms with E-state index in [1.165, 1.54) is 4.90 Å². The number of rotatable bonds is 3. The molecule has 0 N–H and O–H groups in total. The Bertz CT molecular complexity index is 527. The highest BCUT2D eigenvalue weighted by Gasteiger charge is 2.43. The summed E-state index contributed by atoms with van der Waals surface area (Å²) >= 11 is 1.84.